The second-order valence-corrected chi connectivity index (χ2v) is 8.66. The van der Waals surface area contributed by atoms with E-state index in [1.54, 1.807) is 50.4 Å². The van der Waals surface area contributed by atoms with Gasteiger partial charge in [-0.25, -0.2) is 8.42 Å². The largest absolute Gasteiger partial charge is 0.391 e. The number of benzene rings is 1. The number of hydrogen-bond acceptors (Lipinski definition) is 6. The predicted octanol–water partition coefficient (Wildman–Crippen LogP) is 2.56. The highest BCUT2D eigenvalue weighted by Crippen LogP contribution is 2.43. The van der Waals surface area contributed by atoms with Gasteiger partial charge in [-0.05, 0) is 57.4 Å². The minimum Gasteiger partial charge on any atom is -0.391 e. The molecule has 8 heteroatoms. The van der Waals surface area contributed by atoms with E-state index in [9.17, 15) is 13.5 Å². The Labute approximate surface area is 157 Å². The van der Waals surface area contributed by atoms with E-state index < -0.39 is 21.7 Å². The molecule has 1 saturated carbocycles. The van der Waals surface area contributed by atoms with Crippen LogP contribution in [-0.2, 0) is 15.6 Å². The molecule has 1 aliphatic rings. The molecule has 1 aliphatic carbocycles. The molecular formula is C19H21N3O4S. The van der Waals surface area contributed by atoms with Crippen LogP contribution in [-0.4, -0.2) is 29.8 Å². The number of aromatic nitrogens is 2. The maximum absolute atomic E-state index is 13.4. The number of hydrogen-bond donors (Lipinski definition) is 2. The summed E-state index contributed by atoms with van der Waals surface area (Å²) >= 11 is 0. The van der Waals surface area contributed by atoms with Crippen LogP contribution in [0.5, 0.6) is 0 Å². The van der Waals surface area contributed by atoms with Crippen molar-refractivity contribution >= 4 is 20.9 Å². The summed E-state index contributed by atoms with van der Waals surface area (Å²) < 4.78 is 34.8. The Kier molecular flexibility index (Phi) is 4.29. The number of nitrogens with zero attached hydrogens (tertiary/aromatic N) is 2. The Morgan fingerprint density at radius 2 is 2.07 bits per heavy atom. The summed E-state index contributed by atoms with van der Waals surface area (Å²) in [7, 11) is -3.94. The Hall–Kier alpha value is -2.29. The van der Waals surface area contributed by atoms with Crippen molar-refractivity contribution < 1.29 is 18.0 Å². The smallest absolute Gasteiger partial charge is 0.242 e. The van der Waals surface area contributed by atoms with E-state index in [-0.39, 0.29) is 4.90 Å². The molecule has 0 bridgehead atoms. The SMILES string of the molecule is Cc1noc(C)c1[C@]1(NS(=O)(=O)c2cccc3ncccc23)CCC[C@H]1O. The fourth-order valence-corrected chi connectivity index (χ4v) is 5.82. The molecule has 2 heterocycles. The highest BCUT2D eigenvalue weighted by atomic mass is 32.2. The highest BCUT2D eigenvalue weighted by molar-refractivity contribution is 7.89. The van der Waals surface area contributed by atoms with E-state index in [1.165, 1.54) is 0 Å². The summed E-state index contributed by atoms with van der Waals surface area (Å²) in [4.78, 5) is 4.37. The fourth-order valence-electron chi connectivity index (χ4n) is 4.17. The van der Waals surface area contributed by atoms with E-state index in [1.807, 2.05) is 0 Å². The quantitative estimate of drug-likeness (QED) is 0.713. The van der Waals surface area contributed by atoms with Crippen LogP contribution >= 0.6 is 0 Å². The first-order valence-corrected chi connectivity index (χ1v) is 10.3. The van der Waals surface area contributed by atoms with Crippen LogP contribution in [0, 0.1) is 13.8 Å². The summed E-state index contributed by atoms with van der Waals surface area (Å²) in [6.07, 6.45) is 2.43. The first-order valence-electron chi connectivity index (χ1n) is 8.84. The molecule has 1 fully saturated rings. The first-order chi connectivity index (χ1) is 12.8. The van der Waals surface area contributed by atoms with Gasteiger partial charge in [0.2, 0.25) is 10.0 Å². The van der Waals surface area contributed by atoms with Gasteiger partial charge in [-0.2, -0.15) is 4.72 Å². The molecule has 0 radical (unpaired) electrons. The van der Waals surface area contributed by atoms with Crippen molar-refractivity contribution in [2.24, 2.45) is 0 Å². The van der Waals surface area contributed by atoms with E-state index in [4.69, 9.17) is 4.52 Å². The van der Waals surface area contributed by atoms with Crippen molar-refractivity contribution in [3.63, 3.8) is 0 Å². The number of rotatable bonds is 4. The lowest BCUT2D eigenvalue weighted by Crippen LogP contribution is -2.51. The standard InChI is InChI=1S/C19H21N3O4S/c1-12-18(13(2)26-21-12)19(10-4-9-17(19)23)22-27(24,25)16-8-3-7-15-14(16)6-5-11-20-15/h3,5-8,11,17,22-23H,4,9-10H2,1-2H3/t17-,19+/m1/s1. The highest BCUT2D eigenvalue weighted by Gasteiger charge is 2.49. The number of pyridine rings is 1. The molecule has 0 saturated heterocycles. The zero-order chi connectivity index (χ0) is 19.2. The molecular weight excluding hydrogens is 366 g/mol. The lowest BCUT2D eigenvalue weighted by atomic mass is 9.86. The van der Waals surface area contributed by atoms with E-state index in [0.29, 0.717) is 47.2 Å². The van der Waals surface area contributed by atoms with Gasteiger partial charge >= 0.3 is 0 Å². The van der Waals surface area contributed by atoms with Crippen LogP contribution in [0.4, 0.5) is 0 Å². The summed E-state index contributed by atoms with van der Waals surface area (Å²) in [5.74, 6) is 0.510. The van der Waals surface area contributed by atoms with E-state index in [2.05, 4.69) is 14.9 Å². The van der Waals surface area contributed by atoms with Crippen LogP contribution in [0.3, 0.4) is 0 Å². The second-order valence-electron chi connectivity index (χ2n) is 7.01. The molecule has 4 rings (SSSR count). The van der Waals surface area contributed by atoms with Gasteiger partial charge in [0.25, 0.3) is 0 Å². The van der Waals surface area contributed by atoms with Gasteiger partial charge in [0.1, 0.15) is 5.76 Å². The number of aliphatic hydroxyl groups is 1. The summed E-state index contributed by atoms with van der Waals surface area (Å²) in [6, 6.07) is 8.41. The topological polar surface area (TPSA) is 105 Å². The molecule has 2 atom stereocenters. The summed E-state index contributed by atoms with van der Waals surface area (Å²) in [6.45, 7) is 3.49. The monoisotopic (exact) mass is 387 g/mol. The number of aryl methyl sites for hydroxylation is 2. The number of fused-ring (bicyclic) bond motifs is 1. The van der Waals surface area contributed by atoms with Crippen molar-refractivity contribution in [1.29, 1.82) is 0 Å². The van der Waals surface area contributed by atoms with Crippen LogP contribution in [0.15, 0.2) is 45.9 Å². The van der Waals surface area contributed by atoms with Gasteiger partial charge in [0.05, 0.1) is 27.7 Å². The van der Waals surface area contributed by atoms with Gasteiger partial charge in [-0.1, -0.05) is 11.2 Å². The van der Waals surface area contributed by atoms with Gasteiger partial charge < -0.3 is 9.63 Å². The van der Waals surface area contributed by atoms with Crippen molar-refractivity contribution in [1.82, 2.24) is 14.9 Å². The average Bonchev–Trinajstić information content (AvgIpc) is 3.16. The molecule has 142 valence electrons. The van der Waals surface area contributed by atoms with Crippen molar-refractivity contribution in [3.05, 3.63) is 53.5 Å². The number of sulfonamides is 1. The minimum atomic E-state index is -3.94. The van der Waals surface area contributed by atoms with Crippen LogP contribution < -0.4 is 4.72 Å². The number of nitrogens with one attached hydrogen (secondary N) is 1. The fraction of sp³-hybridized carbons (Fsp3) is 0.368. The molecule has 2 aromatic heterocycles. The third-order valence-electron chi connectivity index (χ3n) is 5.31. The van der Waals surface area contributed by atoms with Crippen LogP contribution in [0.2, 0.25) is 0 Å². The second kappa shape index (κ2) is 6.40. The van der Waals surface area contributed by atoms with Crippen LogP contribution in [0.25, 0.3) is 10.9 Å². The number of aliphatic hydroxyl groups excluding tert-OH is 1. The Bertz CT molecular complexity index is 1080. The first kappa shape index (κ1) is 18.1. The Morgan fingerprint density at radius 1 is 1.26 bits per heavy atom. The third-order valence-corrected chi connectivity index (χ3v) is 6.88. The Balaban J connectivity index is 1.87. The predicted molar refractivity (Wildman–Crippen MR) is 99.6 cm³/mol. The van der Waals surface area contributed by atoms with Gasteiger partial charge in [-0.15, -0.1) is 0 Å². The molecule has 27 heavy (non-hydrogen) atoms. The molecule has 2 N–H and O–H groups in total. The molecule has 7 nitrogen and oxygen atoms in total. The molecule has 0 amide bonds. The normalized spacial score (nSPS) is 23.1. The van der Waals surface area contributed by atoms with E-state index >= 15 is 0 Å². The minimum absolute atomic E-state index is 0.137. The molecule has 3 aromatic rings. The van der Waals surface area contributed by atoms with Crippen molar-refractivity contribution in [2.75, 3.05) is 0 Å². The average molecular weight is 387 g/mol. The maximum atomic E-state index is 13.4. The third kappa shape index (κ3) is 2.84. The van der Waals surface area contributed by atoms with Gasteiger partial charge in [0.15, 0.2) is 0 Å². The lowest BCUT2D eigenvalue weighted by Gasteiger charge is -2.33. The van der Waals surface area contributed by atoms with Gasteiger partial charge in [0, 0.05) is 17.1 Å². The lowest BCUT2D eigenvalue weighted by molar-refractivity contribution is 0.0974. The van der Waals surface area contributed by atoms with Crippen molar-refractivity contribution in [3.8, 4) is 0 Å². The molecule has 1 aromatic carbocycles. The maximum Gasteiger partial charge on any atom is 0.242 e. The van der Waals surface area contributed by atoms with Gasteiger partial charge in [-0.3, -0.25) is 4.98 Å². The van der Waals surface area contributed by atoms with Crippen LogP contribution in [0.1, 0.15) is 36.3 Å². The van der Waals surface area contributed by atoms with Crippen molar-refractivity contribution in [2.45, 2.75) is 49.6 Å². The molecule has 0 aliphatic heterocycles. The molecule has 0 spiro atoms. The zero-order valence-electron chi connectivity index (χ0n) is 15.1. The van der Waals surface area contributed by atoms with E-state index in [0.717, 1.165) is 0 Å². The summed E-state index contributed by atoms with van der Waals surface area (Å²) in [5, 5.41) is 15.3. The molecule has 0 unspecified atom stereocenters. The zero-order valence-corrected chi connectivity index (χ0v) is 16.0. The Morgan fingerprint density at radius 3 is 2.74 bits per heavy atom. The summed E-state index contributed by atoms with van der Waals surface area (Å²) in [5.41, 5.74) is 0.640.